The van der Waals surface area contributed by atoms with Crippen molar-refractivity contribution < 1.29 is 9.92 Å². The molecular formula is C9H19ClN2O3. The summed E-state index contributed by atoms with van der Waals surface area (Å²) < 4.78 is 0. The van der Waals surface area contributed by atoms with E-state index in [1.54, 1.807) is 0 Å². The van der Waals surface area contributed by atoms with Crippen LogP contribution in [0.2, 0.25) is 0 Å². The Balaban J connectivity index is 0.00000196. The Morgan fingerprint density at radius 2 is 1.80 bits per heavy atom. The van der Waals surface area contributed by atoms with Crippen LogP contribution < -0.4 is 5.73 Å². The van der Waals surface area contributed by atoms with Crippen LogP contribution >= 0.6 is 12.4 Å². The van der Waals surface area contributed by atoms with E-state index in [-0.39, 0.29) is 19.0 Å². The summed E-state index contributed by atoms with van der Waals surface area (Å²) in [6.07, 6.45) is 5.45. The van der Waals surface area contributed by atoms with E-state index in [0.717, 1.165) is 44.6 Å². The summed E-state index contributed by atoms with van der Waals surface area (Å²) >= 11 is 0. The summed E-state index contributed by atoms with van der Waals surface area (Å²) in [4.78, 5) is 14.3. The Hall–Kier alpha value is -0.550. The summed E-state index contributed by atoms with van der Waals surface area (Å²) in [5, 5.41) is 9.27. The van der Waals surface area contributed by atoms with Gasteiger partial charge in [-0.15, -0.1) is 22.5 Å². The molecule has 1 aliphatic carbocycles. The van der Waals surface area contributed by atoms with Gasteiger partial charge >= 0.3 is 0 Å². The number of rotatable bonds is 5. The monoisotopic (exact) mass is 238 g/mol. The van der Waals surface area contributed by atoms with Gasteiger partial charge in [0.1, 0.15) is 0 Å². The highest BCUT2D eigenvalue weighted by atomic mass is 35.5. The predicted octanol–water partition coefficient (Wildman–Crippen LogP) is 1.77. The number of hydrogen-bond acceptors (Lipinski definition) is 4. The third-order valence-corrected chi connectivity index (χ3v) is 2.96. The van der Waals surface area contributed by atoms with Crippen molar-refractivity contribution in [2.75, 3.05) is 13.2 Å². The van der Waals surface area contributed by atoms with Gasteiger partial charge in [-0.2, -0.15) is 0 Å². The maximum absolute atomic E-state index is 9.98. The van der Waals surface area contributed by atoms with Crippen LogP contribution in [0.4, 0.5) is 0 Å². The Morgan fingerprint density at radius 3 is 2.27 bits per heavy atom. The van der Waals surface area contributed by atoms with Crippen molar-refractivity contribution in [1.29, 1.82) is 0 Å². The van der Waals surface area contributed by atoms with Gasteiger partial charge < -0.3 is 10.6 Å². The van der Waals surface area contributed by atoms with Crippen molar-refractivity contribution in [3.63, 3.8) is 0 Å². The molecule has 0 aromatic carbocycles. The lowest BCUT2D eigenvalue weighted by Gasteiger charge is -2.27. The summed E-state index contributed by atoms with van der Waals surface area (Å²) in [5.74, 6) is 1.10. The molecule has 0 aliphatic heterocycles. The van der Waals surface area contributed by atoms with Gasteiger partial charge in [0.25, 0.3) is 5.09 Å². The molecular weight excluding hydrogens is 220 g/mol. The Kier molecular flexibility index (Phi) is 7.42. The third kappa shape index (κ3) is 5.79. The quantitative estimate of drug-likeness (QED) is 0.585. The van der Waals surface area contributed by atoms with Gasteiger partial charge in [-0.05, 0) is 37.6 Å². The fraction of sp³-hybridized carbons (Fsp3) is 1.00. The molecule has 1 saturated carbocycles. The minimum Gasteiger partial charge on any atom is -0.330 e. The van der Waals surface area contributed by atoms with Gasteiger partial charge in [-0.3, -0.25) is 0 Å². The standard InChI is InChI=1S/C9H18N2O3.ClH/c10-6-5-8-1-3-9(4-2-8)7-14-11(12)13;/h8-9H,1-7,10H2;1H. The second-order valence-corrected chi connectivity index (χ2v) is 3.98. The van der Waals surface area contributed by atoms with E-state index in [0.29, 0.717) is 5.92 Å². The molecule has 0 aromatic rings. The van der Waals surface area contributed by atoms with Crippen molar-refractivity contribution in [3.05, 3.63) is 10.1 Å². The maximum Gasteiger partial charge on any atom is 0.294 e. The molecule has 1 fully saturated rings. The molecule has 0 saturated heterocycles. The molecule has 0 amide bonds. The van der Waals surface area contributed by atoms with E-state index in [2.05, 4.69) is 4.84 Å². The van der Waals surface area contributed by atoms with Crippen molar-refractivity contribution in [1.82, 2.24) is 0 Å². The molecule has 6 heteroatoms. The highest BCUT2D eigenvalue weighted by Gasteiger charge is 2.21. The molecule has 0 spiro atoms. The third-order valence-electron chi connectivity index (χ3n) is 2.96. The SMILES string of the molecule is Cl.NCCC1CCC(CO[N+](=O)[O-])CC1. The molecule has 2 N–H and O–H groups in total. The van der Waals surface area contributed by atoms with E-state index in [4.69, 9.17) is 5.73 Å². The van der Waals surface area contributed by atoms with Crippen LogP contribution in [-0.2, 0) is 4.84 Å². The van der Waals surface area contributed by atoms with Crippen molar-refractivity contribution >= 4 is 12.4 Å². The molecule has 0 aromatic heterocycles. The smallest absolute Gasteiger partial charge is 0.294 e. The van der Waals surface area contributed by atoms with Crippen molar-refractivity contribution in [2.45, 2.75) is 32.1 Å². The first-order valence-corrected chi connectivity index (χ1v) is 5.19. The first kappa shape index (κ1) is 14.5. The van der Waals surface area contributed by atoms with Crippen molar-refractivity contribution in [2.24, 2.45) is 17.6 Å². The van der Waals surface area contributed by atoms with Crippen molar-refractivity contribution in [3.8, 4) is 0 Å². The fourth-order valence-electron chi connectivity index (χ4n) is 2.09. The molecule has 90 valence electrons. The fourth-order valence-corrected chi connectivity index (χ4v) is 2.09. The summed E-state index contributed by atoms with van der Waals surface area (Å²) in [5.41, 5.74) is 5.48. The molecule has 0 heterocycles. The summed E-state index contributed by atoms with van der Waals surface area (Å²) in [6, 6.07) is 0. The van der Waals surface area contributed by atoms with Gasteiger partial charge in [-0.1, -0.05) is 12.8 Å². The van der Waals surface area contributed by atoms with E-state index >= 15 is 0 Å². The summed E-state index contributed by atoms with van der Waals surface area (Å²) in [6.45, 7) is 1.02. The molecule has 0 bridgehead atoms. The van der Waals surface area contributed by atoms with Gasteiger partial charge in [0, 0.05) is 0 Å². The van der Waals surface area contributed by atoms with Gasteiger partial charge in [0.05, 0.1) is 6.61 Å². The first-order chi connectivity index (χ1) is 6.72. The lowest BCUT2D eigenvalue weighted by molar-refractivity contribution is -0.759. The minimum atomic E-state index is -0.702. The molecule has 1 aliphatic rings. The highest BCUT2D eigenvalue weighted by Crippen LogP contribution is 2.30. The van der Waals surface area contributed by atoms with Gasteiger partial charge in [0.15, 0.2) is 0 Å². The number of hydrogen-bond donors (Lipinski definition) is 1. The van der Waals surface area contributed by atoms with Crippen LogP contribution in [0.3, 0.4) is 0 Å². The molecule has 0 atom stereocenters. The van der Waals surface area contributed by atoms with Crippen LogP contribution in [0.5, 0.6) is 0 Å². The number of nitrogens with zero attached hydrogens (tertiary/aromatic N) is 1. The molecule has 0 unspecified atom stereocenters. The number of halogens is 1. The van der Waals surface area contributed by atoms with E-state index in [1.165, 1.54) is 0 Å². The van der Waals surface area contributed by atoms with E-state index < -0.39 is 5.09 Å². The first-order valence-electron chi connectivity index (χ1n) is 5.19. The van der Waals surface area contributed by atoms with Crippen LogP contribution in [0.25, 0.3) is 0 Å². The van der Waals surface area contributed by atoms with Gasteiger partial charge in [-0.25, -0.2) is 0 Å². The number of nitrogens with two attached hydrogens (primary N) is 1. The Bertz CT molecular complexity index is 184. The molecule has 0 radical (unpaired) electrons. The average Bonchev–Trinajstić information content (AvgIpc) is 2.17. The van der Waals surface area contributed by atoms with Crippen LogP contribution in [-0.4, -0.2) is 18.2 Å². The zero-order valence-corrected chi connectivity index (χ0v) is 9.58. The normalized spacial score (nSPS) is 25.4. The van der Waals surface area contributed by atoms with Crippen LogP contribution in [0.1, 0.15) is 32.1 Å². The topological polar surface area (TPSA) is 78.4 Å². The van der Waals surface area contributed by atoms with Gasteiger partial charge in [0.2, 0.25) is 0 Å². The second kappa shape index (κ2) is 7.70. The lowest BCUT2D eigenvalue weighted by Crippen LogP contribution is -2.21. The van der Waals surface area contributed by atoms with E-state index in [1.807, 2.05) is 0 Å². The highest BCUT2D eigenvalue weighted by molar-refractivity contribution is 5.85. The Labute approximate surface area is 95.9 Å². The van der Waals surface area contributed by atoms with Crippen LogP contribution in [0.15, 0.2) is 0 Å². The largest absolute Gasteiger partial charge is 0.330 e. The molecule has 1 rings (SSSR count). The maximum atomic E-state index is 9.98. The average molecular weight is 239 g/mol. The second-order valence-electron chi connectivity index (χ2n) is 3.98. The summed E-state index contributed by atoms with van der Waals surface area (Å²) in [7, 11) is 0. The zero-order chi connectivity index (χ0) is 10.4. The minimum absolute atomic E-state index is 0. The van der Waals surface area contributed by atoms with Crippen LogP contribution in [0, 0.1) is 22.0 Å². The van der Waals surface area contributed by atoms with E-state index in [9.17, 15) is 10.1 Å². The molecule has 15 heavy (non-hydrogen) atoms. The Morgan fingerprint density at radius 1 is 1.27 bits per heavy atom. The lowest BCUT2D eigenvalue weighted by atomic mass is 9.81. The predicted molar refractivity (Wildman–Crippen MR) is 59.3 cm³/mol. The zero-order valence-electron chi connectivity index (χ0n) is 8.76. The molecule has 5 nitrogen and oxygen atoms in total.